The van der Waals surface area contributed by atoms with E-state index in [9.17, 15) is 19.3 Å². The maximum absolute atomic E-state index is 13.0. The van der Waals surface area contributed by atoms with Gasteiger partial charge in [0, 0.05) is 11.8 Å². The molecule has 0 bridgehead atoms. The Labute approximate surface area is 150 Å². The minimum Gasteiger partial charge on any atom is -0.360 e. The van der Waals surface area contributed by atoms with E-state index < -0.39 is 4.92 Å². The van der Waals surface area contributed by atoms with Crippen molar-refractivity contribution in [3.8, 4) is 0 Å². The van der Waals surface area contributed by atoms with Crippen molar-refractivity contribution < 1.29 is 19.0 Å². The zero-order chi connectivity index (χ0) is 18.5. The third-order valence-corrected chi connectivity index (χ3v) is 4.45. The second-order valence-corrected chi connectivity index (χ2v) is 6.21. The molecule has 8 heteroatoms. The summed E-state index contributed by atoms with van der Waals surface area (Å²) in [7, 11) is 0. The van der Waals surface area contributed by atoms with Gasteiger partial charge < -0.3 is 15.1 Å². The molecule has 1 saturated heterocycles. The van der Waals surface area contributed by atoms with Gasteiger partial charge in [0.2, 0.25) is 0 Å². The van der Waals surface area contributed by atoms with Crippen LogP contribution in [0.5, 0.6) is 0 Å². The number of quaternary nitrogens is 1. The van der Waals surface area contributed by atoms with E-state index in [4.69, 9.17) is 0 Å². The number of piperazine rings is 1. The monoisotopic (exact) mass is 359 g/mol. The molecule has 0 radical (unpaired) electrons. The van der Waals surface area contributed by atoms with Crippen LogP contribution in [0.4, 0.5) is 21.5 Å². The van der Waals surface area contributed by atoms with Gasteiger partial charge in [0.05, 0.1) is 31.1 Å². The first-order valence-electron chi connectivity index (χ1n) is 8.40. The summed E-state index contributed by atoms with van der Waals surface area (Å²) >= 11 is 0. The van der Waals surface area contributed by atoms with Crippen molar-refractivity contribution in [2.45, 2.75) is 0 Å². The lowest BCUT2D eigenvalue weighted by Gasteiger charge is -2.33. The van der Waals surface area contributed by atoms with Gasteiger partial charge in [-0.25, -0.2) is 4.39 Å². The van der Waals surface area contributed by atoms with Crippen LogP contribution in [0.15, 0.2) is 48.5 Å². The smallest absolute Gasteiger partial charge is 0.292 e. The van der Waals surface area contributed by atoms with E-state index in [1.807, 2.05) is 0 Å². The molecule has 1 aliphatic rings. The molecule has 7 nitrogen and oxygen atoms in total. The average Bonchev–Trinajstić information content (AvgIpc) is 2.63. The van der Waals surface area contributed by atoms with Gasteiger partial charge in [-0.3, -0.25) is 14.9 Å². The van der Waals surface area contributed by atoms with E-state index in [-0.39, 0.29) is 29.6 Å². The fourth-order valence-corrected chi connectivity index (χ4v) is 3.07. The van der Waals surface area contributed by atoms with Crippen molar-refractivity contribution in [3.63, 3.8) is 0 Å². The standard InChI is InChI=1S/C18H19FN4O3/c19-14-5-7-15(8-6-14)22-11-9-21(10-12-22)13-18(24)20-16-3-1-2-4-17(16)23(25)26/h1-8H,9-13H2,(H,20,24)/p+1. The van der Waals surface area contributed by atoms with Gasteiger partial charge in [-0.05, 0) is 30.3 Å². The number of para-hydroxylation sites is 2. The van der Waals surface area contributed by atoms with Crippen LogP contribution < -0.4 is 15.1 Å². The lowest BCUT2D eigenvalue weighted by Crippen LogP contribution is -3.15. The van der Waals surface area contributed by atoms with Crippen molar-refractivity contribution in [2.75, 3.05) is 42.9 Å². The number of hydrogen-bond acceptors (Lipinski definition) is 4. The predicted octanol–water partition coefficient (Wildman–Crippen LogP) is 1.08. The normalized spacial score (nSPS) is 14.9. The molecule has 1 amide bonds. The Balaban J connectivity index is 1.52. The number of carbonyl (C=O) groups excluding carboxylic acids is 1. The minimum atomic E-state index is -0.510. The number of anilines is 2. The van der Waals surface area contributed by atoms with Gasteiger partial charge in [-0.15, -0.1) is 0 Å². The Morgan fingerprint density at radius 1 is 1.15 bits per heavy atom. The molecule has 0 aromatic heterocycles. The quantitative estimate of drug-likeness (QED) is 0.618. The Morgan fingerprint density at radius 2 is 1.81 bits per heavy atom. The number of halogens is 1. The highest BCUT2D eigenvalue weighted by molar-refractivity contribution is 5.93. The number of benzene rings is 2. The van der Waals surface area contributed by atoms with Gasteiger partial charge in [0.15, 0.2) is 6.54 Å². The van der Waals surface area contributed by atoms with Crippen LogP contribution in [0.1, 0.15) is 0 Å². The summed E-state index contributed by atoms with van der Waals surface area (Å²) in [6.07, 6.45) is 0. The lowest BCUT2D eigenvalue weighted by molar-refractivity contribution is -0.892. The van der Waals surface area contributed by atoms with Crippen molar-refractivity contribution in [1.82, 2.24) is 0 Å². The van der Waals surface area contributed by atoms with Crippen molar-refractivity contribution in [3.05, 3.63) is 64.5 Å². The molecule has 2 N–H and O–H groups in total. The highest BCUT2D eigenvalue weighted by Gasteiger charge is 2.23. The number of nitrogens with one attached hydrogen (secondary N) is 2. The Morgan fingerprint density at radius 3 is 2.46 bits per heavy atom. The van der Waals surface area contributed by atoms with E-state index in [1.54, 1.807) is 24.3 Å². The van der Waals surface area contributed by atoms with Crippen molar-refractivity contribution in [1.29, 1.82) is 0 Å². The first kappa shape index (κ1) is 17.8. The van der Waals surface area contributed by atoms with Crippen LogP contribution in [0.2, 0.25) is 0 Å². The second kappa shape index (κ2) is 7.92. The van der Waals surface area contributed by atoms with Crippen LogP contribution in [-0.2, 0) is 4.79 Å². The molecular weight excluding hydrogens is 339 g/mol. The number of carbonyl (C=O) groups is 1. The van der Waals surface area contributed by atoms with Crippen molar-refractivity contribution >= 4 is 23.0 Å². The van der Waals surface area contributed by atoms with Gasteiger partial charge in [0.25, 0.3) is 11.6 Å². The van der Waals surface area contributed by atoms with E-state index >= 15 is 0 Å². The summed E-state index contributed by atoms with van der Waals surface area (Å²) in [5.74, 6) is -0.505. The third-order valence-electron chi connectivity index (χ3n) is 4.45. The molecule has 3 rings (SSSR count). The van der Waals surface area contributed by atoms with E-state index in [0.29, 0.717) is 0 Å². The molecule has 0 atom stereocenters. The van der Waals surface area contributed by atoms with Gasteiger partial charge in [-0.1, -0.05) is 12.1 Å². The Hall–Kier alpha value is -3.00. The summed E-state index contributed by atoms with van der Waals surface area (Å²) in [5, 5.41) is 13.6. The number of nitro groups is 1. The first-order valence-corrected chi connectivity index (χ1v) is 8.40. The summed E-state index contributed by atoms with van der Waals surface area (Å²) in [6, 6.07) is 12.5. The second-order valence-electron chi connectivity index (χ2n) is 6.21. The first-order chi connectivity index (χ1) is 12.5. The van der Waals surface area contributed by atoms with Crippen LogP contribution in [-0.4, -0.2) is 43.6 Å². The minimum absolute atomic E-state index is 0.114. The zero-order valence-electron chi connectivity index (χ0n) is 14.2. The lowest BCUT2D eigenvalue weighted by atomic mass is 10.2. The van der Waals surface area contributed by atoms with Crippen LogP contribution >= 0.6 is 0 Å². The average molecular weight is 359 g/mol. The summed E-state index contributed by atoms with van der Waals surface area (Å²) in [6.45, 7) is 3.31. The Kier molecular flexibility index (Phi) is 5.43. The Bertz CT molecular complexity index is 789. The van der Waals surface area contributed by atoms with Crippen LogP contribution in [0.3, 0.4) is 0 Å². The maximum atomic E-state index is 13.0. The van der Waals surface area contributed by atoms with Gasteiger partial charge >= 0.3 is 0 Å². The summed E-state index contributed by atoms with van der Waals surface area (Å²) in [5.41, 5.74) is 1.07. The molecule has 1 fully saturated rings. The molecular formula is C18H20FN4O3+. The zero-order valence-corrected chi connectivity index (χ0v) is 14.2. The molecule has 0 saturated carbocycles. The van der Waals surface area contributed by atoms with E-state index in [2.05, 4.69) is 10.2 Å². The molecule has 1 heterocycles. The molecule has 0 unspecified atom stereocenters. The topological polar surface area (TPSA) is 79.9 Å². The molecule has 26 heavy (non-hydrogen) atoms. The largest absolute Gasteiger partial charge is 0.360 e. The molecule has 136 valence electrons. The summed E-state index contributed by atoms with van der Waals surface area (Å²) in [4.78, 5) is 26.0. The predicted molar refractivity (Wildman–Crippen MR) is 95.9 cm³/mol. The molecule has 2 aromatic carbocycles. The van der Waals surface area contributed by atoms with Crippen molar-refractivity contribution in [2.24, 2.45) is 0 Å². The van der Waals surface area contributed by atoms with E-state index in [0.717, 1.165) is 36.8 Å². The molecule has 0 spiro atoms. The highest BCUT2D eigenvalue weighted by Crippen LogP contribution is 2.22. The number of rotatable bonds is 5. The maximum Gasteiger partial charge on any atom is 0.292 e. The fourth-order valence-electron chi connectivity index (χ4n) is 3.07. The van der Waals surface area contributed by atoms with Crippen LogP contribution in [0.25, 0.3) is 0 Å². The third kappa shape index (κ3) is 4.34. The fraction of sp³-hybridized carbons (Fsp3) is 0.278. The molecule has 1 aliphatic heterocycles. The van der Waals surface area contributed by atoms with E-state index in [1.165, 1.54) is 24.3 Å². The number of hydrogen-bond donors (Lipinski definition) is 2. The highest BCUT2D eigenvalue weighted by atomic mass is 19.1. The summed E-state index contributed by atoms with van der Waals surface area (Å²) < 4.78 is 13.0. The molecule has 2 aromatic rings. The van der Waals surface area contributed by atoms with Gasteiger partial charge in [-0.2, -0.15) is 0 Å². The van der Waals surface area contributed by atoms with Gasteiger partial charge in [0.1, 0.15) is 11.5 Å². The number of amides is 1. The molecule has 0 aliphatic carbocycles. The number of nitrogens with zero attached hydrogens (tertiary/aromatic N) is 2. The SMILES string of the molecule is O=C(C[NH+]1CCN(c2ccc(F)cc2)CC1)Nc1ccccc1[N+](=O)[O-]. The number of nitro benzene ring substituents is 1. The van der Waals surface area contributed by atoms with Crippen LogP contribution in [0, 0.1) is 15.9 Å².